The molecule has 6 heterocycles. The van der Waals surface area contributed by atoms with E-state index in [9.17, 15) is 4.79 Å². The molecule has 1 saturated heterocycles. The molecule has 0 aromatic carbocycles. The molecule has 222 valence electrons. The second kappa shape index (κ2) is 12.3. The number of allylic oxidation sites excluding steroid dienone is 1. The lowest BCUT2D eigenvalue weighted by atomic mass is 9.94. The van der Waals surface area contributed by atoms with E-state index in [0.717, 1.165) is 56.1 Å². The molecule has 3 aromatic heterocycles. The van der Waals surface area contributed by atoms with Crippen LogP contribution in [-0.4, -0.2) is 78.1 Å². The minimum absolute atomic E-state index is 0.106. The van der Waals surface area contributed by atoms with Crippen molar-refractivity contribution in [2.24, 2.45) is 9.98 Å². The van der Waals surface area contributed by atoms with Crippen molar-refractivity contribution in [3.05, 3.63) is 65.6 Å². The van der Waals surface area contributed by atoms with Crippen LogP contribution in [0, 0.1) is 5.82 Å². The van der Waals surface area contributed by atoms with Crippen molar-refractivity contribution in [3.63, 3.8) is 0 Å². The number of pyridine rings is 3. The van der Waals surface area contributed by atoms with Gasteiger partial charge in [-0.15, -0.1) is 0 Å². The summed E-state index contributed by atoms with van der Waals surface area (Å²) in [6.07, 6.45) is 10.5. The number of nitrogens with zero attached hydrogens (tertiary/aromatic N) is 7. The van der Waals surface area contributed by atoms with Crippen LogP contribution in [0.1, 0.15) is 43.4 Å². The van der Waals surface area contributed by atoms with Crippen LogP contribution < -0.4 is 20.9 Å². The first-order chi connectivity index (χ1) is 21.0. The highest BCUT2D eigenvalue weighted by atomic mass is 19.1. The molecule has 1 atom stereocenters. The minimum atomic E-state index is -0.538. The van der Waals surface area contributed by atoms with E-state index in [1.54, 1.807) is 24.7 Å². The van der Waals surface area contributed by atoms with Crippen LogP contribution >= 0.6 is 0 Å². The van der Waals surface area contributed by atoms with Gasteiger partial charge in [-0.2, -0.15) is 0 Å². The number of nitrogens with one attached hydrogen (secondary N) is 3. The number of hydrogen-bond acceptors (Lipinski definition) is 10. The van der Waals surface area contributed by atoms with Crippen LogP contribution in [0.5, 0.6) is 0 Å². The Labute approximate surface area is 250 Å². The van der Waals surface area contributed by atoms with Crippen LogP contribution in [0.2, 0.25) is 0 Å². The zero-order chi connectivity index (χ0) is 29.9. The van der Waals surface area contributed by atoms with Crippen molar-refractivity contribution in [2.45, 2.75) is 32.2 Å². The Kier molecular flexibility index (Phi) is 8.10. The summed E-state index contributed by atoms with van der Waals surface area (Å²) in [6, 6.07) is 3.20. The zero-order valence-corrected chi connectivity index (χ0v) is 24.4. The van der Waals surface area contributed by atoms with Gasteiger partial charge >= 0.3 is 0 Å². The van der Waals surface area contributed by atoms with Gasteiger partial charge in [0.2, 0.25) is 5.91 Å². The first-order valence-corrected chi connectivity index (χ1v) is 14.6. The number of aliphatic imine (C=N–C) groups is 2. The van der Waals surface area contributed by atoms with Gasteiger partial charge in [0.15, 0.2) is 5.82 Å². The third-order valence-corrected chi connectivity index (χ3v) is 7.93. The quantitative estimate of drug-likeness (QED) is 0.332. The van der Waals surface area contributed by atoms with Crippen molar-refractivity contribution in [1.29, 1.82) is 0 Å². The lowest BCUT2D eigenvalue weighted by molar-refractivity contribution is -0.116. The van der Waals surface area contributed by atoms with Crippen molar-refractivity contribution < 1.29 is 9.18 Å². The summed E-state index contributed by atoms with van der Waals surface area (Å²) in [6.45, 7) is 9.80. The number of unbranched alkanes of at least 4 members (excludes halogenated alkanes) is 1. The van der Waals surface area contributed by atoms with Gasteiger partial charge in [-0.3, -0.25) is 24.7 Å². The molecule has 11 nitrogen and oxygen atoms in total. The Balaban J connectivity index is 1.33. The molecule has 0 aliphatic carbocycles. The van der Waals surface area contributed by atoms with Crippen molar-refractivity contribution in [3.8, 4) is 11.3 Å². The standard InChI is InChI=1S/C31H35FN10O/c1-4-5-6-25(43)39-20-13-19(15-34-16-20)29-28(32)27-24(17-36-29)37-18-38-30(27)23-14-22(33-2)26-21(40-23)7-8-35-31(26)42-11-9-41(3)10-12-42/h7-8,13-17,22,37,40H,2,4-6,9-12,18H2,1,3H3,(H,39,43). The fourth-order valence-electron chi connectivity index (χ4n) is 5.60. The number of anilines is 4. The summed E-state index contributed by atoms with van der Waals surface area (Å²) in [5.74, 6) is 0.236. The molecule has 0 saturated carbocycles. The van der Waals surface area contributed by atoms with Crippen molar-refractivity contribution >= 4 is 41.2 Å². The summed E-state index contributed by atoms with van der Waals surface area (Å²) in [4.78, 5) is 39.3. The number of hydrogen-bond donors (Lipinski definition) is 3. The molecule has 0 spiro atoms. The Morgan fingerprint density at radius 2 is 2.02 bits per heavy atom. The SMILES string of the molecule is C=NC1C=C(C2=NCNc3cnc(-c4cncc(NC(=O)CCCC)c4)c(F)c32)Nc2ccnc(N3CCN(C)CC3)c21. The largest absolute Gasteiger partial charge is 0.364 e. The third-order valence-electron chi connectivity index (χ3n) is 7.93. The second-order valence-corrected chi connectivity index (χ2v) is 10.9. The predicted octanol–water partition coefficient (Wildman–Crippen LogP) is 4.48. The number of amides is 1. The number of halogens is 1. The molecule has 3 N–H and O–H groups in total. The molecule has 3 aliphatic heterocycles. The number of aromatic nitrogens is 3. The summed E-state index contributed by atoms with van der Waals surface area (Å²) in [5.41, 5.74) is 4.76. The maximum Gasteiger partial charge on any atom is 0.224 e. The van der Waals surface area contributed by atoms with E-state index in [2.05, 4.69) is 59.5 Å². The lowest BCUT2D eigenvalue weighted by Crippen LogP contribution is -2.45. The number of carbonyl (C=O) groups excluding carboxylic acids is 1. The number of likely N-dealkylation sites (N-methyl/N-ethyl adjacent to an activating group) is 1. The van der Waals surface area contributed by atoms with Crippen LogP contribution in [0.3, 0.4) is 0 Å². The highest BCUT2D eigenvalue weighted by Crippen LogP contribution is 2.41. The molecule has 1 amide bonds. The topological polar surface area (TPSA) is 123 Å². The van der Waals surface area contributed by atoms with Gasteiger partial charge in [0.25, 0.3) is 0 Å². The Hall–Kier alpha value is -4.71. The normalized spacial score (nSPS) is 17.9. The second-order valence-electron chi connectivity index (χ2n) is 10.9. The van der Waals surface area contributed by atoms with Gasteiger partial charge in [0, 0.05) is 61.8 Å². The van der Waals surface area contributed by atoms with E-state index in [4.69, 9.17) is 4.98 Å². The average Bonchev–Trinajstić information content (AvgIpc) is 3.03. The average molecular weight is 583 g/mol. The zero-order valence-electron chi connectivity index (χ0n) is 24.4. The maximum absolute atomic E-state index is 16.4. The third kappa shape index (κ3) is 5.70. The molecule has 43 heavy (non-hydrogen) atoms. The number of piperazine rings is 1. The lowest BCUT2D eigenvalue weighted by Gasteiger charge is -2.36. The summed E-state index contributed by atoms with van der Waals surface area (Å²) >= 11 is 0. The van der Waals surface area contributed by atoms with E-state index in [1.165, 1.54) is 6.20 Å². The predicted molar refractivity (Wildman–Crippen MR) is 169 cm³/mol. The molecular weight excluding hydrogens is 547 g/mol. The molecule has 3 aliphatic rings. The fourth-order valence-corrected chi connectivity index (χ4v) is 5.60. The van der Waals surface area contributed by atoms with Crippen molar-refractivity contribution in [1.82, 2.24) is 19.9 Å². The Morgan fingerprint density at radius 3 is 2.81 bits per heavy atom. The van der Waals surface area contributed by atoms with Gasteiger partial charge in [0.1, 0.15) is 24.2 Å². The molecule has 0 bridgehead atoms. The first-order valence-electron chi connectivity index (χ1n) is 14.6. The highest BCUT2D eigenvalue weighted by molar-refractivity contribution is 6.19. The van der Waals surface area contributed by atoms with Crippen LogP contribution in [0.4, 0.5) is 27.3 Å². The van der Waals surface area contributed by atoms with Crippen LogP contribution in [-0.2, 0) is 4.79 Å². The summed E-state index contributed by atoms with van der Waals surface area (Å²) < 4.78 is 16.4. The molecule has 6 rings (SSSR count). The number of carbonyl (C=O) groups is 1. The minimum Gasteiger partial charge on any atom is -0.364 e. The van der Waals surface area contributed by atoms with Gasteiger partial charge in [0.05, 0.1) is 40.7 Å². The summed E-state index contributed by atoms with van der Waals surface area (Å²) in [7, 11) is 2.12. The van der Waals surface area contributed by atoms with E-state index < -0.39 is 11.9 Å². The summed E-state index contributed by atoms with van der Waals surface area (Å²) in [5, 5.41) is 9.47. The van der Waals surface area contributed by atoms with E-state index in [1.807, 2.05) is 19.1 Å². The molecule has 12 heteroatoms. The van der Waals surface area contributed by atoms with E-state index >= 15 is 4.39 Å². The molecule has 1 unspecified atom stereocenters. The molecule has 3 aromatic rings. The van der Waals surface area contributed by atoms with E-state index in [0.29, 0.717) is 40.3 Å². The Morgan fingerprint density at radius 1 is 1.19 bits per heavy atom. The van der Waals surface area contributed by atoms with Gasteiger partial charge in [-0.25, -0.2) is 9.37 Å². The monoisotopic (exact) mass is 582 g/mol. The molecule has 1 fully saturated rings. The van der Waals surface area contributed by atoms with Gasteiger partial charge in [-0.1, -0.05) is 13.3 Å². The number of fused-ring (bicyclic) bond motifs is 2. The van der Waals surface area contributed by atoms with E-state index in [-0.39, 0.29) is 18.3 Å². The van der Waals surface area contributed by atoms with Crippen LogP contribution in [0.15, 0.2) is 58.7 Å². The number of rotatable bonds is 8. The highest BCUT2D eigenvalue weighted by Gasteiger charge is 2.32. The first kappa shape index (κ1) is 28.4. The van der Waals surface area contributed by atoms with Crippen molar-refractivity contribution in [2.75, 3.05) is 60.7 Å². The van der Waals surface area contributed by atoms with Crippen LogP contribution in [0.25, 0.3) is 11.3 Å². The smallest absolute Gasteiger partial charge is 0.224 e. The fraction of sp³-hybridized carbons (Fsp3) is 0.355. The maximum atomic E-state index is 16.4. The Bertz CT molecular complexity index is 1610. The molecule has 0 radical (unpaired) electrons. The van der Waals surface area contributed by atoms with Gasteiger partial charge < -0.3 is 25.8 Å². The van der Waals surface area contributed by atoms with Gasteiger partial charge in [-0.05, 0) is 38.4 Å². The molecular formula is C31H35FN10O.